The van der Waals surface area contributed by atoms with Crippen molar-refractivity contribution in [1.29, 1.82) is 0 Å². The van der Waals surface area contributed by atoms with Crippen LogP contribution in [-0.2, 0) is 6.54 Å². The van der Waals surface area contributed by atoms with Gasteiger partial charge in [0, 0.05) is 44.9 Å². The Labute approximate surface area is 208 Å². The Balaban J connectivity index is 1.43. The number of nitrogens with zero attached hydrogens (tertiary/aromatic N) is 3. The van der Waals surface area contributed by atoms with Crippen molar-refractivity contribution in [3.05, 3.63) is 104 Å². The van der Waals surface area contributed by atoms with Gasteiger partial charge in [0.1, 0.15) is 0 Å². The molecule has 180 valence electrons. The predicted octanol–water partition coefficient (Wildman–Crippen LogP) is 4.77. The molecule has 35 heavy (non-hydrogen) atoms. The molecule has 1 fully saturated rings. The third-order valence-electron chi connectivity index (χ3n) is 6.13. The van der Waals surface area contributed by atoms with Gasteiger partial charge < -0.3 is 10.2 Å². The first-order valence-corrected chi connectivity index (χ1v) is 11.6. The molecule has 0 unspecified atom stereocenters. The molecule has 1 saturated heterocycles. The monoisotopic (exact) mass is 492 g/mol. The highest BCUT2D eigenvalue weighted by Crippen LogP contribution is 2.25. The number of benzene rings is 3. The summed E-state index contributed by atoms with van der Waals surface area (Å²) in [5, 5.41) is 13.6. The molecule has 0 saturated carbocycles. The molecule has 0 atom stereocenters. The van der Waals surface area contributed by atoms with E-state index in [0.717, 1.165) is 25.7 Å². The van der Waals surface area contributed by atoms with Crippen molar-refractivity contribution < 1.29 is 14.5 Å². The number of piperazine rings is 1. The maximum atomic E-state index is 13.3. The minimum atomic E-state index is -0.581. The molecule has 1 N–H and O–H groups in total. The molecule has 0 bridgehead atoms. The molecule has 1 aliphatic rings. The number of hydrogen-bond acceptors (Lipinski definition) is 5. The number of amides is 2. The van der Waals surface area contributed by atoms with Crippen LogP contribution in [0.2, 0.25) is 5.02 Å². The number of aryl methyl sites for hydroxylation is 1. The van der Waals surface area contributed by atoms with E-state index >= 15 is 0 Å². The maximum Gasteiger partial charge on any atom is 0.270 e. The summed E-state index contributed by atoms with van der Waals surface area (Å²) in [6.45, 7) is 5.63. The SMILES string of the molecule is Cc1ccccc1CN1CCN(C(=O)c2ccccc2NC(=O)c2ccc([N+](=O)[O-])cc2Cl)CC1. The molecule has 9 heteroatoms. The van der Waals surface area contributed by atoms with Crippen LogP contribution in [0.15, 0.2) is 66.7 Å². The standard InChI is InChI=1S/C26H25ClN4O4/c1-18-6-2-3-7-19(18)17-29-12-14-30(15-13-29)26(33)22-8-4-5-9-24(22)28-25(32)21-11-10-20(31(34)35)16-23(21)27/h2-11,16H,12-15,17H2,1H3,(H,28,32). The van der Waals surface area contributed by atoms with Crippen molar-refractivity contribution in [3.63, 3.8) is 0 Å². The lowest BCUT2D eigenvalue weighted by molar-refractivity contribution is -0.384. The Bertz CT molecular complexity index is 1270. The minimum Gasteiger partial charge on any atom is -0.336 e. The maximum absolute atomic E-state index is 13.3. The van der Waals surface area contributed by atoms with Gasteiger partial charge in [-0.05, 0) is 36.2 Å². The first kappa shape index (κ1) is 24.4. The summed E-state index contributed by atoms with van der Waals surface area (Å²) in [4.78, 5) is 40.6. The van der Waals surface area contributed by atoms with Crippen molar-refractivity contribution in [2.45, 2.75) is 13.5 Å². The molecule has 4 rings (SSSR count). The molecule has 0 aromatic heterocycles. The van der Waals surface area contributed by atoms with Crippen molar-refractivity contribution >= 4 is 34.8 Å². The van der Waals surface area contributed by atoms with Crippen LogP contribution in [-0.4, -0.2) is 52.7 Å². The lowest BCUT2D eigenvalue weighted by Gasteiger charge is -2.35. The van der Waals surface area contributed by atoms with Crippen molar-refractivity contribution in [2.75, 3.05) is 31.5 Å². The molecule has 8 nitrogen and oxygen atoms in total. The smallest absolute Gasteiger partial charge is 0.270 e. The lowest BCUT2D eigenvalue weighted by Crippen LogP contribution is -2.48. The van der Waals surface area contributed by atoms with Gasteiger partial charge in [-0.25, -0.2) is 0 Å². The van der Waals surface area contributed by atoms with Gasteiger partial charge in [0.15, 0.2) is 0 Å². The number of rotatable bonds is 6. The molecular weight excluding hydrogens is 468 g/mol. The number of carbonyl (C=O) groups is 2. The van der Waals surface area contributed by atoms with Gasteiger partial charge in [0.25, 0.3) is 17.5 Å². The normalized spacial score (nSPS) is 13.9. The number of hydrogen-bond donors (Lipinski definition) is 1. The number of nitro benzene ring substituents is 1. The van der Waals surface area contributed by atoms with Gasteiger partial charge in [0.05, 0.1) is 26.8 Å². The minimum absolute atomic E-state index is 0.0368. The summed E-state index contributed by atoms with van der Waals surface area (Å²) in [5.41, 5.74) is 3.16. The second-order valence-corrected chi connectivity index (χ2v) is 8.82. The quantitative estimate of drug-likeness (QED) is 0.395. The predicted molar refractivity (Wildman–Crippen MR) is 135 cm³/mol. The molecule has 0 spiro atoms. The Hall–Kier alpha value is -3.75. The Morgan fingerprint density at radius 3 is 2.34 bits per heavy atom. The van der Waals surface area contributed by atoms with Gasteiger partial charge in [0.2, 0.25) is 0 Å². The molecular formula is C26H25ClN4O4. The van der Waals surface area contributed by atoms with E-state index in [0.29, 0.717) is 24.3 Å². The van der Waals surface area contributed by atoms with Crippen LogP contribution < -0.4 is 5.32 Å². The summed E-state index contributed by atoms with van der Waals surface area (Å²) in [7, 11) is 0. The van der Waals surface area contributed by atoms with Crippen LogP contribution in [0.3, 0.4) is 0 Å². The van der Waals surface area contributed by atoms with Crippen LogP contribution in [0.25, 0.3) is 0 Å². The number of halogens is 1. The zero-order valence-corrected chi connectivity index (χ0v) is 20.0. The van der Waals surface area contributed by atoms with Crippen LogP contribution in [0.1, 0.15) is 31.8 Å². The second-order valence-electron chi connectivity index (χ2n) is 8.42. The third kappa shape index (κ3) is 5.67. The van der Waals surface area contributed by atoms with Crippen molar-refractivity contribution in [1.82, 2.24) is 9.80 Å². The van der Waals surface area contributed by atoms with E-state index in [2.05, 4.69) is 29.3 Å². The average Bonchev–Trinajstić information content (AvgIpc) is 2.85. The van der Waals surface area contributed by atoms with Crippen LogP contribution >= 0.6 is 11.6 Å². The number of non-ortho nitro benzene ring substituents is 1. The Kier molecular flexibility index (Phi) is 7.43. The highest BCUT2D eigenvalue weighted by molar-refractivity contribution is 6.34. The van der Waals surface area contributed by atoms with E-state index in [1.165, 1.54) is 23.3 Å². The van der Waals surface area contributed by atoms with Crippen molar-refractivity contribution in [3.8, 4) is 0 Å². The summed E-state index contributed by atoms with van der Waals surface area (Å²) in [6.07, 6.45) is 0. The number of anilines is 1. The van der Waals surface area contributed by atoms with E-state index < -0.39 is 10.8 Å². The highest BCUT2D eigenvalue weighted by atomic mass is 35.5. The molecule has 0 radical (unpaired) electrons. The molecule has 3 aromatic carbocycles. The number of para-hydroxylation sites is 1. The van der Waals surface area contributed by atoms with Gasteiger partial charge in [-0.3, -0.25) is 24.6 Å². The molecule has 2 amide bonds. The van der Waals surface area contributed by atoms with E-state index in [-0.39, 0.29) is 22.2 Å². The molecule has 3 aromatic rings. The van der Waals surface area contributed by atoms with Crippen LogP contribution in [0.5, 0.6) is 0 Å². The second kappa shape index (κ2) is 10.7. The Morgan fingerprint density at radius 1 is 0.971 bits per heavy atom. The van der Waals surface area contributed by atoms with E-state index in [4.69, 9.17) is 11.6 Å². The number of carbonyl (C=O) groups excluding carboxylic acids is 2. The average molecular weight is 493 g/mol. The topological polar surface area (TPSA) is 95.8 Å². The molecule has 1 aliphatic heterocycles. The summed E-state index contributed by atoms with van der Waals surface area (Å²) >= 11 is 6.09. The Morgan fingerprint density at radius 2 is 1.66 bits per heavy atom. The first-order chi connectivity index (χ1) is 16.8. The van der Waals surface area contributed by atoms with E-state index in [9.17, 15) is 19.7 Å². The van der Waals surface area contributed by atoms with Gasteiger partial charge in [-0.2, -0.15) is 0 Å². The summed E-state index contributed by atoms with van der Waals surface area (Å²) in [6, 6.07) is 18.7. The molecule has 1 heterocycles. The third-order valence-corrected chi connectivity index (χ3v) is 6.44. The fourth-order valence-electron chi connectivity index (χ4n) is 4.08. The van der Waals surface area contributed by atoms with Crippen molar-refractivity contribution in [2.24, 2.45) is 0 Å². The van der Waals surface area contributed by atoms with Gasteiger partial charge in [-0.1, -0.05) is 48.0 Å². The number of nitro groups is 1. The zero-order valence-electron chi connectivity index (χ0n) is 19.2. The fraction of sp³-hybridized carbons (Fsp3) is 0.231. The van der Waals surface area contributed by atoms with E-state index in [1.54, 1.807) is 29.2 Å². The fourth-order valence-corrected chi connectivity index (χ4v) is 4.34. The summed E-state index contributed by atoms with van der Waals surface area (Å²) < 4.78 is 0. The first-order valence-electron chi connectivity index (χ1n) is 11.2. The summed E-state index contributed by atoms with van der Waals surface area (Å²) in [5.74, 6) is -0.709. The number of nitrogens with one attached hydrogen (secondary N) is 1. The van der Waals surface area contributed by atoms with Crippen LogP contribution in [0.4, 0.5) is 11.4 Å². The largest absolute Gasteiger partial charge is 0.336 e. The van der Waals surface area contributed by atoms with Gasteiger partial charge in [-0.15, -0.1) is 0 Å². The van der Waals surface area contributed by atoms with Crippen LogP contribution in [0, 0.1) is 17.0 Å². The zero-order chi connectivity index (χ0) is 24.9. The lowest BCUT2D eigenvalue weighted by atomic mass is 10.1. The van der Waals surface area contributed by atoms with E-state index in [1.807, 2.05) is 12.1 Å². The highest BCUT2D eigenvalue weighted by Gasteiger charge is 2.25. The van der Waals surface area contributed by atoms with Gasteiger partial charge >= 0.3 is 0 Å². The molecule has 0 aliphatic carbocycles.